The topological polar surface area (TPSA) is 83.7 Å². The normalized spacial score (nSPS) is 14.7. The van der Waals surface area contributed by atoms with E-state index in [1.165, 1.54) is 37.4 Å². The van der Waals surface area contributed by atoms with Gasteiger partial charge in [-0.2, -0.15) is 0 Å². The van der Waals surface area contributed by atoms with Crippen molar-refractivity contribution in [1.82, 2.24) is 14.7 Å². The summed E-state index contributed by atoms with van der Waals surface area (Å²) in [7, 11) is 0. The van der Waals surface area contributed by atoms with Crippen LogP contribution in [-0.2, 0) is 4.79 Å². The van der Waals surface area contributed by atoms with Crippen LogP contribution in [0.15, 0.2) is 76.2 Å². The Morgan fingerprint density at radius 2 is 1.91 bits per heavy atom. The highest BCUT2D eigenvalue weighted by Gasteiger charge is 2.39. The van der Waals surface area contributed by atoms with Gasteiger partial charge in [-0.05, 0) is 26.0 Å². The molecule has 2 N–H and O–H groups in total. The summed E-state index contributed by atoms with van der Waals surface area (Å²) >= 11 is 12.2. The minimum Gasteiger partial charge on any atom is -0.478 e. The van der Waals surface area contributed by atoms with Crippen LogP contribution in [0.25, 0.3) is 16.9 Å². The van der Waals surface area contributed by atoms with Crippen molar-refractivity contribution in [3.63, 3.8) is 0 Å². The van der Waals surface area contributed by atoms with Gasteiger partial charge in [0, 0.05) is 41.4 Å². The molecule has 1 aromatic carbocycles. The van der Waals surface area contributed by atoms with Crippen molar-refractivity contribution >= 4 is 34.8 Å². The fourth-order valence-corrected chi connectivity index (χ4v) is 3.95. The number of hydrogen-bond donors (Lipinski definition) is 2. The van der Waals surface area contributed by atoms with Crippen molar-refractivity contribution in [3.8, 4) is 11.3 Å². The average molecular weight is 522 g/mol. The lowest BCUT2D eigenvalue weighted by atomic mass is 9.99. The number of pyridine rings is 1. The molecule has 2 aromatic heterocycles. The van der Waals surface area contributed by atoms with Crippen LogP contribution in [0.3, 0.4) is 0 Å². The van der Waals surface area contributed by atoms with Crippen LogP contribution in [0, 0.1) is 0 Å². The molecule has 0 spiro atoms. The maximum atomic E-state index is 15.0. The first-order valence-electron chi connectivity index (χ1n) is 10.6. The molecule has 0 saturated carbocycles. The van der Waals surface area contributed by atoms with Gasteiger partial charge in [-0.15, -0.1) is 0 Å². The van der Waals surface area contributed by atoms with Crippen molar-refractivity contribution in [2.24, 2.45) is 0 Å². The van der Waals surface area contributed by atoms with Crippen LogP contribution in [-0.4, -0.2) is 32.4 Å². The van der Waals surface area contributed by atoms with Gasteiger partial charge in [-0.1, -0.05) is 59.6 Å². The Morgan fingerprint density at radius 1 is 1.26 bits per heavy atom. The molecular weight excluding hydrogens is 499 g/mol. The smallest absolute Gasteiger partial charge is 0.333 e. The SMILES string of the molecule is C/C=C(Cl)\C=C(\C(=O)O)C(C)NC(c1cc(Cl)cn2c(=O)cc(-c3ccccc3)nc12)C(C)(F)F. The Hall–Kier alpha value is -3.07. The maximum Gasteiger partial charge on any atom is 0.333 e. The quantitative estimate of drug-likeness (QED) is 0.287. The summed E-state index contributed by atoms with van der Waals surface area (Å²) in [4.78, 5) is 29.2. The number of nitrogens with one attached hydrogen (secondary N) is 1. The van der Waals surface area contributed by atoms with E-state index in [0.717, 1.165) is 4.40 Å². The fraction of sp³-hybridized carbons (Fsp3) is 0.240. The monoisotopic (exact) mass is 521 g/mol. The van der Waals surface area contributed by atoms with Gasteiger partial charge in [0.15, 0.2) is 0 Å². The summed E-state index contributed by atoms with van der Waals surface area (Å²) in [5, 5.41) is 12.5. The van der Waals surface area contributed by atoms with E-state index in [1.807, 2.05) is 0 Å². The summed E-state index contributed by atoms with van der Waals surface area (Å²) in [5.74, 6) is -4.71. The molecule has 2 atom stereocenters. The second-order valence-corrected chi connectivity index (χ2v) is 8.88. The Balaban J connectivity index is 2.22. The third-order valence-corrected chi connectivity index (χ3v) is 5.88. The first kappa shape index (κ1) is 26.5. The van der Waals surface area contributed by atoms with Gasteiger partial charge < -0.3 is 5.11 Å². The summed E-state index contributed by atoms with van der Waals surface area (Å²) in [6.45, 7) is 3.74. The highest BCUT2D eigenvalue weighted by molar-refractivity contribution is 6.31. The van der Waals surface area contributed by atoms with Gasteiger partial charge in [0.25, 0.3) is 11.5 Å². The summed E-state index contributed by atoms with van der Waals surface area (Å²) in [5.41, 5.74) is 0.120. The largest absolute Gasteiger partial charge is 0.478 e. The van der Waals surface area contributed by atoms with Crippen molar-refractivity contribution in [3.05, 3.63) is 92.4 Å². The fourth-order valence-electron chi connectivity index (χ4n) is 3.62. The van der Waals surface area contributed by atoms with Gasteiger partial charge in [0.1, 0.15) is 11.7 Å². The van der Waals surface area contributed by atoms with E-state index in [0.29, 0.717) is 18.2 Å². The molecule has 0 radical (unpaired) electrons. The number of fused-ring (bicyclic) bond motifs is 1. The molecule has 10 heteroatoms. The van der Waals surface area contributed by atoms with Crippen LogP contribution in [0.1, 0.15) is 32.4 Å². The van der Waals surface area contributed by atoms with E-state index in [-0.39, 0.29) is 26.8 Å². The standard InChI is InChI=1S/C25H23Cl2F2N3O3/c1-4-16(26)10-18(24(34)35)14(2)30-22(25(3,28)29)19-11-17(27)13-32-21(33)12-20(31-23(19)32)15-8-6-5-7-9-15/h4-14,22,30H,1-3H3,(H,34,35)/b16-4+,18-10+. The molecule has 3 aromatic rings. The zero-order valence-electron chi connectivity index (χ0n) is 19.1. The van der Waals surface area contributed by atoms with Crippen molar-refractivity contribution in [2.45, 2.75) is 38.8 Å². The summed E-state index contributed by atoms with van der Waals surface area (Å²) < 4.78 is 31.1. The van der Waals surface area contributed by atoms with E-state index >= 15 is 0 Å². The van der Waals surface area contributed by atoms with E-state index in [4.69, 9.17) is 23.2 Å². The molecule has 2 heterocycles. The molecule has 3 rings (SSSR count). The molecule has 0 aliphatic rings. The lowest BCUT2D eigenvalue weighted by molar-refractivity contribution is -0.133. The van der Waals surface area contributed by atoms with E-state index in [2.05, 4.69) is 10.3 Å². The maximum absolute atomic E-state index is 15.0. The lowest BCUT2D eigenvalue weighted by Crippen LogP contribution is -2.42. The number of benzene rings is 1. The number of hydrogen-bond acceptors (Lipinski definition) is 4. The van der Waals surface area contributed by atoms with Crippen LogP contribution in [0.5, 0.6) is 0 Å². The van der Waals surface area contributed by atoms with E-state index < -0.39 is 29.5 Å². The third-order valence-electron chi connectivity index (χ3n) is 5.34. The molecule has 0 aliphatic carbocycles. The lowest BCUT2D eigenvalue weighted by Gasteiger charge is -2.29. The summed E-state index contributed by atoms with van der Waals surface area (Å²) in [6.07, 6.45) is 3.97. The Labute approximate surface area is 210 Å². The number of halogens is 4. The van der Waals surface area contributed by atoms with Gasteiger partial charge in [0.2, 0.25) is 0 Å². The second-order valence-electron chi connectivity index (χ2n) is 8.01. The van der Waals surface area contributed by atoms with Crippen molar-refractivity contribution in [2.75, 3.05) is 0 Å². The minimum atomic E-state index is -3.39. The van der Waals surface area contributed by atoms with Gasteiger partial charge >= 0.3 is 5.97 Å². The highest BCUT2D eigenvalue weighted by atomic mass is 35.5. The van der Waals surface area contributed by atoms with Crippen molar-refractivity contribution < 1.29 is 18.7 Å². The summed E-state index contributed by atoms with van der Waals surface area (Å²) in [6, 6.07) is 8.62. The number of rotatable bonds is 8. The van der Waals surface area contributed by atoms with Crippen LogP contribution >= 0.6 is 23.2 Å². The number of nitrogens with zero attached hydrogens (tertiary/aromatic N) is 2. The van der Waals surface area contributed by atoms with Gasteiger partial charge in [-0.25, -0.2) is 18.6 Å². The molecule has 0 aliphatic heterocycles. The number of carboxylic acid groups (broad SMARTS) is 1. The number of alkyl halides is 2. The zero-order valence-corrected chi connectivity index (χ0v) is 20.6. The van der Waals surface area contributed by atoms with E-state index in [9.17, 15) is 23.5 Å². The van der Waals surface area contributed by atoms with Crippen molar-refractivity contribution in [1.29, 1.82) is 0 Å². The zero-order chi connectivity index (χ0) is 25.9. The van der Waals surface area contributed by atoms with Gasteiger partial charge in [-0.3, -0.25) is 14.5 Å². The first-order chi connectivity index (χ1) is 16.4. The average Bonchev–Trinajstić information content (AvgIpc) is 2.80. The molecule has 0 amide bonds. The molecular formula is C25H23Cl2F2N3O3. The number of carbonyl (C=O) groups is 1. The Kier molecular flexibility index (Phi) is 8.10. The van der Waals surface area contributed by atoms with Gasteiger partial charge in [0.05, 0.1) is 16.3 Å². The van der Waals surface area contributed by atoms with Crippen LogP contribution in [0.4, 0.5) is 8.78 Å². The number of aliphatic carboxylic acids is 1. The molecule has 0 bridgehead atoms. The predicted octanol–water partition coefficient (Wildman–Crippen LogP) is 5.84. The number of carboxylic acids is 1. The molecule has 35 heavy (non-hydrogen) atoms. The minimum absolute atomic E-state index is 0.0284. The van der Waals surface area contributed by atoms with Crippen LogP contribution in [0.2, 0.25) is 5.02 Å². The second kappa shape index (κ2) is 10.7. The molecule has 0 fully saturated rings. The first-order valence-corrected chi connectivity index (χ1v) is 11.4. The Bertz CT molecular complexity index is 1370. The number of aromatic nitrogens is 2. The highest BCUT2D eigenvalue weighted by Crippen LogP contribution is 2.35. The number of allylic oxidation sites excluding steroid dienone is 3. The molecule has 184 valence electrons. The molecule has 2 unspecified atom stereocenters. The molecule has 6 nitrogen and oxygen atoms in total. The third kappa shape index (κ3) is 6.14. The van der Waals surface area contributed by atoms with Crippen LogP contribution < -0.4 is 10.9 Å². The predicted molar refractivity (Wildman–Crippen MR) is 133 cm³/mol. The molecule has 0 saturated heterocycles. The Morgan fingerprint density at radius 3 is 2.49 bits per heavy atom. The van der Waals surface area contributed by atoms with E-state index in [1.54, 1.807) is 37.3 Å².